The first-order valence-electron chi connectivity index (χ1n) is 9.98. The molecule has 1 aliphatic rings. The topological polar surface area (TPSA) is 15.3 Å². The molecule has 3 aromatic rings. The first-order chi connectivity index (χ1) is 13.4. The van der Waals surface area contributed by atoms with Crippen LogP contribution in [0.1, 0.15) is 17.5 Å². The van der Waals surface area contributed by atoms with Crippen LogP contribution in [0.4, 0.5) is 5.69 Å². The molecule has 0 spiro atoms. The summed E-state index contributed by atoms with van der Waals surface area (Å²) in [6.45, 7) is 3.32. The van der Waals surface area contributed by atoms with Gasteiger partial charge in [-0.05, 0) is 42.0 Å². The van der Waals surface area contributed by atoms with Crippen LogP contribution in [0, 0.1) is 5.92 Å². The Morgan fingerprint density at radius 2 is 1.33 bits per heavy atom. The number of anilines is 1. The summed E-state index contributed by atoms with van der Waals surface area (Å²) >= 11 is 0. The quantitative estimate of drug-likeness (QED) is 0.650. The molecule has 0 bridgehead atoms. The molecule has 2 nitrogen and oxygen atoms in total. The second-order valence-corrected chi connectivity index (χ2v) is 7.58. The summed E-state index contributed by atoms with van der Waals surface area (Å²) in [5.74, 6) is 0.602. The van der Waals surface area contributed by atoms with Gasteiger partial charge >= 0.3 is 0 Å². The Kier molecular flexibility index (Phi) is 5.86. The molecule has 2 unspecified atom stereocenters. The number of benzene rings is 3. The van der Waals surface area contributed by atoms with Crippen LogP contribution in [0.25, 0.3) is 0 Å². The van der Waals surface area contributed by atoms with E-state index in [-0.39, 0.29) is 0 Å². The fraction of sp³-hybridized carbons (Fsp3) is 0.280. The molecule has 0 radical (unpaired) electrons. The molecule has 0 aliphatic carbocycles. The third-order valence-corrected chi connectivity index (χ3v) is 5.53. The van der Waals surface area contributed by atoms with Crippen molar-refractivity contribution >= 4 is 5.69 Å². The van der Waals surface area contributed by atoms with Gasteiger partial charge in [0.05, 0.1) is 0 Å². The van der Waals surface area contributed by atoms with Crippen molar-refractivity contribution in [2.45, 2.75) is 25.4 Å². The molecule has 1 saturated heterocycles. The van der Waals surface area contributed by atoms with Crippen LogP contribution in [0.15, 0.2) is 91.0 Å². The highest BCUT2D eigenvalue weighted by Crippen LogP contribution is 2.26. The van der Waals surface area contributed by atoms with Gasteiger partial charge < -0.3 is 5.32 Å². The zero-order chi connectivity index (χ0) is 18.3. The van der Waals surface area contributed by atoms with Gasteiger partial charge in [0.1, 0.15) is 0 Å². The zero-order valence-corrected chi connectivity index (χ0v) is 15.8. The van der Waals surface area contributed by atoms with Gasteiger partial charge in [-0.3, -0.25) is 4.90 Å². The van der Waals surface area contributed by atoms with Crippen molar-refractivity contribution in [1.29, 1.82) is 0 Å². The lowest BCUT2D eigenvalue weighted by atomic mass is 9.86. The van der Waals surface area contributed by atoms with Crippen LogP contribution in [0.3, 0.4) is 0 Å². The van der Waals surface area contributed by atoms with Crippen LogP contribution in [0.5, 0.6) is 0 Å². The van der Waals surface area contributed by atoms with Crippen molar-refractivity contribution in [1.82, 2.24) is 4.90 Å². The molecule has 3 aromatic carbocycles. The number of nitrogens with one attached hydrogen (secondary N) is 1. The highest BCUT2D eigenvalue weighted by Gasteiger charge is 2.29. The second-order valence-electron chi connectivity index (χ2n) is 7.58. The Morgan fingerprint density at radius 1 is 0.741 bits per heavy atom. The number of rotatable bonds is 6. The minimum absolute atomic E-state index is 0.514. The third-order valence-electron chi connectivity index (χ3n) is 5.53. The highest BCUT2D eigenvalue weighted by atomic mass is 15.1. The van der Waals surface area contributed by atoms with E-state index in [1.807, 2.05) is 0 Å². The predicted octanol–water partition coefficient (Wildman–Crippen LogP) is 5.23. The molecule has 1 N–H and O–H groups in total. The molecular formula is C25H28N2. The van der Waals surface area contributed by atoms with Crippen molar-refractivity contribution in [2.75, 3.05) is 18.4 Å². The summed E-state index contributed by atoms with van der Waals surface area (Å²) in [6.07, 6.45) is 2.30. The van der Waals surface area contributed by atoms with E-state index >= 15 is 0 Å². The summed E-state index contributed by atoms with van der Waals surface area (Å²) in [6, 6.07) is 32.9. The van der Waals surface area contributed by atoms with Crippen LogP contribution in [0.2, 0.25) is 0 Å². The minimum Gasteiger partial charge on any atom is -0.382 e. The smallest absolute Gasteiger partial charge is 0.0342 e. The number of likely N-dealkylation sites (tertiary alicyclic amines) is 1. The fourth-order valence-corrected chi connectivity index (χ4v) is 4.15. The Bertz CT molecular complexity index is 802. The molecule has 0 saturated carbocycles. The Labute approximate surface area is 162 Å². The van der Waals surface area contributed by atoms with Gasteiger partial charge in [-0.2, -0.15) is 0 Å². The number of piperidine rings is 1. The van der Waals surface area contributed by atoms with Gasteiger partial charge in [-0.1, -0.05) is 78.9 Å². The van der Waals surface area contributed by atoms with Crippen LogP contribution in [-0.2, 0) is 13.0 Å². The standard InChI is InChI=1S/C25H28N2/c1-4-10-21(11-5-1)18-23-20-27(19-22-12-6-2-7-13-22)17-16-25(23)26-24-14-8-3-9-15-24/h1-15,23,25-26H,16-20H2. The van der Waals surface area contributed by atoms with Crippen molar-refractivity contribution in [3.05, 3.63) is 102 Å². The molecule has 2 atom stereocenters. The number of hydrogen-bond acceptors (Lipinski definition) is 2. The molecule has 1 aliphatic heterocycles. The molecule has 4 rings (SSSR count). The molecule has 27 heavy (non-hydrogen) atoms. The molecule has 0 amide bonds. The number of para-hydroxylation sites is 1. The Morgan fingerprint density at radius 3 is 2.00 bits per heavy atom. The van der Waals surface area contributed by atoms with E-state index < -0.39 is 0 Å². The van der Waals surface area contributed by atoms with E-state index in [9.17, 15) is 0 Å². The largest absolute Gasteiger partial charge is 0.382 e. The lowest BCUT2D eigenvalue weighted by molar-refractivity contribution is 0.155. The Balaban J connectivity index is 1.47. The van der Waals surface area contributed by atoms with Crippen LogP contribution in [-0.4, -0.2) is 24.0 Å². The third kappa shape index (κ3) is 4.99. The van der Waals surface area contributed by atoms with E-state index in [0.29, 0.717) is 12.0 Å². The van der Waals surface area contributed by atoms with Gasteiger partial charge in [0.2, 0.25) is 0 Å². The molecular weight excluding hydrogens is 328 g/mol. The van der Waals surface area contributed by atoms with Gasteiger partial charge in [0, 0.05) is 31.4 Å². The summed E-state index contributed by atoms with van der Waals surface area (Å²) in [5, 5.41) is 3.81. The van der Waals surface area contributed by atoms with E-state index in [0.717, 1.165) is 26.1 Å². The van der Waals surface area contributed by atoms with Gasteiger partial charge in [-0.25, -0.2) is 0 Å². The molecule has 2 heteroatoms. The van der Waals surface area contributed by atoms with Crippen LogP contribution < -0.4 is 5.32 Å². The predicted molar refractivity (Wildman–Crippen MR) is 114 cm³/mol. The van der Waals surface area contributed by atoms with E-state index in [1.165, 1.54) is 23.2 Å². The van der Waals surface area contributed by atoms with Crippen molar-refractivity contribution in [3.63, 3.8) is 0 Å². The van der Waals surface area contributed by atoms with Crippen molar-refractivity contribution in [2.24, 2.45) is 5.92 Å². The normalized spacial score (nSPS) is 20.3. The van der Waals surface area contributed by atoms with Crippen molar-refractivity contribution in [3.8, 4) is 0 Å². The van der Waals surface area contributed by atoms with Gasteiger partial charge in [0.15, 0.2) is 0 Å². The fourth-order valence-electron chi connectivity index (χ4n) is 4.15. The van der Waals surface area contributed by atoms with Gasteiger partial charge in [0.25, 0.3) is 0 Å². The molecule has 0 aromatic heterocycles. The van der Waals surface area contributed by atoms with E-state index in [4.69, 9.17) is 0 Å². The maximum absolute atomic E-state index is 3.81. The maximum atomic E-state index is 3.81. The monoisotopic (exact) mass is 356 g/mol. The number of hydrogen-bond donors (Lipinski definition) is 1. The second kappa shape index (κ2) is 8.88. The summed E-state index contributed by atoms with van der Waals surface area (Å²) in [5.41, 5.74) is 4.08. The average molecular weight is 357 g/mol. The molecule has 1 fully saturated rings. The van der Waals surface area contributed by atoms with Gasteiger partial charge in [-0.15, -0.1) is 0 Å². The first-order valence-corrected chi connectivity index (χ1v) is 9.98. The lowest BCUT2D eigenvalue weighted by Crippen LogP contribution is -2.46. The van der Waals surface area contributed by atoms with E-state index in [1.54, 1.807) is 0 Å². The summed E-state index contributed by atoms with van der Waals surface area (Å²) in [7, 11) is 0. The average Bonchev–Trinajstić information content (AvgIpc) is 2.72. The maximum Gasteiger partial charge on any atom is 0.0342 e. The zero-order valence-electron chi connectivity index (χ0n) is 15.8. The SMILES string of the molecule is c1ccc(CC2CN(Cc3ccccc3)CCC2Nc2ccccc2)cc1. The first kappa shape index (κ1) is 17.8. The summed E-state index contributed by atoms with van der Waals surface area (Å²) < 4.78 is 0. The van der Waals surface area contributed by atoms with E-state index in [2.05, 4.69) is 101 Å². The van der Waals surface area contributed by atoms with Crippen molar-refractivity contribution < 1.29 is 0 Å². The molecule has 138 valence electrons. The lowest BCUT2D eigenvalue weighted by Gasteiger charge is -2.39. The molecule has 1 heterocycles. The Hall–Kier alpha value is -2.58. The number of nitrogens with zero attached hydrogens (tertiary/aromatic N) is 1. The van der Waals surface area contributed by atoms with Crippen LogP contribution >= 0.6 is 0 Å². The highest BCUT2D eigenvalue weighted by molar-refractivity contribution is 5.43. The summed E-state index contributed by atoms with van der Waals surface area (Å²) in [4.78, 5) is 2.62. The minimum atomic E-state index is 0.514.